The standard InChI is InChI=1S/C23H23N4O/c1-16-20(23(28)27(24-16)22-11-7-8-14-26(22)4)15-17-12-13-21(25(2)3)19-10-6-5-9-18(17)19/h5-15H,1-4H3/q+1/b20-15+. The van der Waals surface area contributed by atoms with Crippen LogP contribution < -0.4 is 14.5 Å². The van der Waals surface area contributed by atoms with Crippen molar-refractivity contribution >= 4 is 40.0 Å². The monoisotopic (exact) mass is 371 g/mol. The number of aryl methyl sites for hydroxylation is 1. The largest absolute Gasteiger partial charge is 0.377 e. The lowest BCUT2D eigenvalue weighted by Gasteiger charge is -2.16. The van der Waals surface area contributed by atoms with Crippen molar-refractivity contribution in [2.45, 2.75) is 6.92 Å². The number of rotatable bonds is 3. The summed E-state index contributed by atoms with van der Waals surface area (Å²) in [5.74, 6) is 0.628. The molecule has 1 aromatic heterocycles. The first-order valence-electron chi connectivity index (χ1n) is 9.23. The Morgan fingerprint density at radius 2 is 1.71 bits per heavy atom. The van der Waals surface area contributed by atoms with Gasteiger partial charge in [0.05, 0.1) is 24.5 Å². The summed E-state index contributed by atoms with van der Waals surface area (Å²) in [6, 6.07) is 18.1. The molecule has 0 unspecified atom stereocenters. The van der Waals surface area contributed by atoms with Gasteiger partial charge in [0.2, 0.25) is 0 Å². The Morgan fingerprint density at radius 1 is 1.00 bits per heavy atom. The van der Waals surface area contributed by atoms with Gasteiger partial charge in [-0.2, -0.15) is 0 Å². The number of benzene rings is 2. The van der Waals surface area contributed by atoms with E-state index in [-0.39, 0.29) is 5.91 Å². The topological polar surface area (TPSA) is 39.8 Å². The van der Waals surface area contributed by atoms with E-state index in [4.69, 9.17) is 0 Å². The minimum Gasteiger partial charge on any atom is -0.377 e. The summed E-state index contributed by atoms with van der Waals surface area (Å²) in [5, 5.41) is 8.25. The van der Waals surface area contributed by atoms with Crippen LogP contribution in [0.25, 0.3) is 16.8 Å². The van der Waals surface area contributed by atoms with E-state index in [2.05, 4.69) is 34.3 Å². The first-order chi connectivity index (χ1) is 13.5. The van der Waals surface area contributed by atoms with Gasteiger partial charge in [-0.25, -0.2) is 9.36 Å². The number of aromatic nitrogens is 1. The molecule has 5 nitrogen and oxygen atoms in total. The van der Waals surface area contributed by atoms with Crippen LogP contribution in [0.15, 0.2) is 71.5 Å². The first kappa shape index (κ1) is 17.9. The summed E-state index contributed by atoms with van der Waals surface area (Å²) in [6.07, 6.45) is 3.86. The van der Waals surface area contributed by atoms with Crippen molar-refractivity contribution in [3.8, 4) is 0 Å². The Balaban J connectivity index is 1.81. The quantitative estimate of drug-likeness (QED) is 0.522. The fourth-order valence-corrected chi connectivity index (χ4v) is 3.55. The molecule has 2 aromatic carbocycles. The summed E-state index contributed by atoms with van der Waals surface area (Å²) in [6.45, 7) is 1.88. The van der Waals surface area contributed by atoms with Gasteiger partial charge in [-0.3, -0.25) is 0 Å². The van der Waals surface area contributed by atoms with Crippen LogP contribution in [0.2, 0.25) is 0 Å². The van der Waals surface area contributed by atoms with Gasteiger partial charge >= 0.3 is 11.7 Å². The molecule has 5 heteroatoms. The maximum atomic E-state index is 13.1. The number of carbonyl (C=O) groups is 1. The summed E-state index contributed by atoms with van der Waals surface area (Å²) in [4.78, 5) is 15.2. The van der Waals surface area contributed by atoms with Crippen LogP contribution in [0.5, 0.6) is 0 Å². The highest BCUT2D eigenvalue weighted by Crippen LogP contribution is 2.31. The molecule has 0 fully saturated rings. The highest BCUT2D eigenvalue weighted by molar-refractivity contribution is 6.32. The second-order valence-electron chi connectivity index (χ2n) is 7.14. The van der Waals surface area contributed by atoms with E-state index in [1.54, 1.807) is 0 Å². The highest BCUT2D eigenvalue weighted by Gasteiger charge is 2.37. The van der Waals surface area contributed by atoms with Crippen LogP contribution in [0.4, 0.5) is 11.5 Å². The summed E-state index contributed by atoms with van der Waals surface area (Å²) in [5.41, 5.74) is 3.50. The van der Waals surface area contributed by atoms with Crippen LogP contribution in [0.3, 0.4) is 0 Å². The van der Waals surface area contributed by atoms with Gasteiger partial charge in [-0.1, -0.05) is 46.5 Å². The average Bonchev–Trinajstić information content (AvgIpc) is 2.96. The van der Waals surface area contributed by atoms with Crippen LogP contribution >= 0.6 is 0 Å². The Labute approximate surface area is 164 Å². The van der Waals surface area contributed by atoms with E-state index >= 15 is 0 Å². The molecule has 28 heavy (non-hydrogen) atoms. The number of hydrazone groups is 1. The third-order valence-electron chi connectivity index (χ3n) is 5.02. The molecule has 0 N–H and O–H groups in total. The van der Waals surface area contributed by atoms with Gasteiger partial charge in [0.1, 0.15) is 0 Å². The Hall–Kier alpha value is -3.47. The van der Waals surface area contributed by atoms with Crippen molar-refractivity contribution in [2.24, 2.45) is 12.1 Å². The molecule has 1 aliphatic rings. The lowest BCUT2D eigenvalue weighted by Crippen LogP contribution is -2.37. The molecule has 140 valence electrons. The molecule has 0 radical (unpaired) electrons. The van der Waals surface area contributed by atoms with Crippen molar-refractivity contribution in [2.75, 3.05) is 24.0 Å². The van der Waals surface area contributed by atoms with E-state index < -0.39 is 0 Å². The molecule has 0 aliphatic carbocycles. The fourth-order valence-electron chi connectivity index (χ4n) is 3.55. The van der Waals surface area contributed by atoms with Crippen molar-refractivity contribution in [3.05, 3.63) is 71.9 Å². The molecular formula is C23H23N4O+. The summed E-state index contributed by atoms with van der Waals surface area (Å²) >= 11 is 0. The molecule has 3 aromatic rings. The minimum atomic E-state index is -0.111. The number of pyridine rings is 1. The average molecular weight is 371 g/mol. The second kappa shape index (κ2) is 6.93. The lowest BCUT2D eigenvalue weighted by molar-refractivity contribution is -0.658. The molecule has 1 aliphatic heterocycles. The van der Waals surface area contributed by atoms with Gasteiger partial charge in [0.25, 0.3) is 0 Å². The number of fused-ring (bicyclic) bond motifs is 1. The van der Waals surface area contributed by atoms with Gasteiger partial charge in [-0.05, 0) is 36.1 Å². The van der Waals surface area contributed by atoms with Crippen molar-refractivity contribution in [3.63, 3.8) is 0 Å². The summed E-state index contributed by atoms with van der Waals surface area (Å²) < 4.78 is 1.89. The van der Waals surface area contributed by atoms with E-state index in [1.165, 1.54) is 5.01 Å². The van der Waals surface area contributed by atoms with Crippen LogP contribution in [0.1, 0.15) is 12.5 Å². The maximum Gasteiger partial charge on any atom is 0.368 e. The van der Waals surface area contributed by atoms with Gasteiger partial charge in [0, 0.05) is 31.2 Å². The third kappa shape index (κ3) is 2.95. The van der Waals surface area contributed by atoms with Gasteiger partial charge in [0.15, 0.2) is 0 Å². The molecular weight excluding hydrogens is 348 g/mol. The zero-order valence-electron chi connectivity index (χ0n) is 16.5. The van der Waals surface area contributed by atoms with Crippen LogP contribution in [0, 0.1) is 0 Å². The molecule has 0 saturated carbocycles. The third-order valence-corrected chi connectivity index (χ3v) is 5.02. The number of hydrogen-bond acceptors (Lipinski definition) is 3. The lowest BCUT2D eigenvalue weighted by atomic mass is 9.99. The number of anilines is 2. The van der Waals surface area contributed by atoms with Crippen LogP contribution in [-0.2, 0) is 11.8 Å². The maximum absolute atomic E-state index is 13.1. The van der Waals surface area contributed by atoms with Crippen molar-refractivity contribution in [1.82, 2.24) is 0 Å². The van der Waals surface area contributed by atoms with Gasteiger partial charge < -0.3 is 4.90 Å². The summed E-state index contributed by atoms with van der Waals surface area (Å²) in [7, 11) is 5.98. The predicted octanol–water partition coefficient (Wildman–Crippen LogP) is 3.54. The second-order valence-corrected chi connectivity index (χ2v) is 7.14. The van der Waals surface area contributed by atoms with E-state index in [0.29, 0.717) is 5.57 Å². The Kier molecular flexibility index (Phi) is 4.43. The zero-order chi connectivity index (χ0) is 19.8. The predicted molar refractivity (Wildman–Crippen MR) is 114 cm³/mol. The first-order valence-corrected chi connectivity index (χ1v) is 9.23. The minimum absolute atomic E-state index is 0.111. The SMILES string of the molecule is CC1=NN(c2cccc[n+]2C)C(=O)/C1=C/c1ccc(N(C)C)c2ccccc12. The molecule has 0 atom stereocenters. The number of carbonyl (C=O) groups excluding carboxylic acids is 1. The van der Waals surface area contributed by atoms with Crippen molar-refractivity contribution in [1.29, 1.82) is 0 Å². The van der Waals surface area contributed by atoms with E-state index in [1.807, 2.05) is 75.2 Å². The molecule has 0 spiro atoms. The molecule has 1 amide bonds. The van der Waals surface area contributed by atoms with E-state index in [0.717, 1.165) is 33.6 Å². The Morgan fingerprint density at radius 3 is 2.43 bits per heavy atom. The van der Waals surface area contributed by atoms with Crippen LogP contribution in [-0.4, -0.2) is 25.7 Å². The number of hydrogen-bond donors (Lipinski definition) is 0. The number of nitrogens with zero attached hydrogens (tertiary/aromatic N) is 4. The normalized spacial score (nSPS) is 15.4. The number of amides is 1. The smallest absolute Gasteiger partial charge is 0.368 e. The Bertz CT molecular complexity index is 1140. The van der Waals surface area contributed by atoms with Gasteiger partial charge in [-0.15, -0.1) is 0 Å². The molecule has 4 rings (SSSR count). The zero-order valence-corrected chi connectivity index (χ0v) is 16.5. The molecule has 0 bridgehead atoms. The van der Waals surface area contributed by atoms with E-state index in [9.17, 15) is 4.79 Å². The highest BCUT2D eigenvalue weighted by atomic mass is 16.2. The van der Waals surface area contributed by atoms with Crippen molar-refractivity contribution < 1.29 is 9.36 Å². The molecule has 0 saturated heterocycles. The molecule has 2 heterocycles. The fraction of sp³-hybridized carbons (Fsp3) is 0.174.